The summed E-state index contributed by atoms with van der Waals surface area (Å²) < 4.78 is 0. The molecule has 1 aromatic rings. The van der Waals surface area contributed by atoms with Crippen LogP contribution >= 0.6 is 21.6 Å². The van der Waals surface area contributed by atoms with Gasteiger partial charge in [0.15, 0.2) is 0 Å². The summed E-state index contributed by atoms with van der Waals surface area (Å²) in [6, 6.07) is 7.30. The van der Waals surface area contributed by atoms with Crippen molar-refractivity contribution in [1.29, 1.82) is 0 Å². The third-order valence-electron chi connectivity index (χ3n) is 1.14. The molecule has 0 heterocycles. The zero-order valence-electron chi connectivity index (χ0n) is 5.98. The van der Waals surface area contributed by atoms with Gasteiger partial charge in [-0.1, -0.05) is 33.7 Å². The van der Waals surface area contributed by atoms with E-state index in [0.29, 0.717) is 5.69 Å². The minimum Gasteiger partial charge on any atom is -0.145 e. The maximum atomic E-state index is 10.2. The number of nitroso groups, excluding NO2 is 1. The molecule has 11 heavy (non-hydrogen) atoms. The molecular weight excluding hydrogens is 178 g/mol. The maximum Gasteiger partial charge on any atom is 0.122 e. The molecule has 0 amide bonds. The normalized spacial score (nSPS) is 9.55. The van der Waals surface area contributed by atoms with E-state index in [1.807, 2.05) is 18.4 Å². The molecule has 0 bridgehead atoms. The Labute approximate surface area is 73.1 Å². The van der Waals surface area contributed by atoms with Crippen molar-refractivity contribution in [3.63, 3.8) is 0 Å². The van der Waals surface area contributed by atoms with Gasteiger partial charge in [-0.3, -0.25) is 0 Å². The SMILES string of the molecule is CSSc1ccccc1N=O. The molecule has 1 rings (SSSR count). The van der Waals surface area contributed by atoms with Crippen molar-refractivity contribution in [3.8, 4) is 0 Å². The molecule has 0 spiro atoms. The van der Waals surface area contributed by atoms with E-state index >= 15 is 0 Å². The first-order valence-electron chi connectivity index (χ1n) is 3.01. The second-order valence-electron chi connectivity index (χ2n) is 1.81. The van der Waals surface area contributed by atoms with Crippen molar-refractivity contribution in [2.24, 2.45) is 5.18 Å². The van der Waals surface area contributed by atoms with Gasteiger partial charge < -0.3 is 0 Å². The molecule has 0 atom stereocenters. The van der Waals surface area contributed by atoms with E-state index in [2.05, 4.69) is 5.18 Å². The Morgan fingerprint density at radius 1 is 1.36 bits per heavy atom. The molecule has 1 aromatic carbocycles. The third kappa shape index (κ3) is 2.24. The molecule has 0 unspecified atom stereocenters. The van der Waals surface area contributed by atoms with Crippen LogP contribution in [0.1, 0.15) is 0 Å². The summed E-state index contributed by atoms with van der Waals surface area (Å²) >= 11 is 0. The first-order chi connectivity index (χ1) is 5.38. The molecule has 0 fully saturated rings. The minimum absolute atomic E-state index is 0.520. The predicted molar refractivity (Wildman–Crippen MR) is 51.3 cm³/mol. The number of rotatable bonds is 3. The van der Waals surface area contributed by atoms with Crippen molar-refractivity contribution in [3.05, 3.63) is 29.2 Å². The Morgan fingerprint density at radius 2 is 2.09 bits per heavy atom. The van der Waals surface area contributed by atoms with E-state index < -0.39 is 0 Å². The Hall–Kier alpha value is -0.480. The molecule has 0 aromatic heterocycles. The molecule has 0 saturated heterocycles. The average molecular weight is 185 g/mol. The molecule has 0 N–H and O–H groups in total. The van der Waals surface area contributed by atoms with Gasteiger partial charge >= 0.3 is 0 Å². The topological polar surface area (TPSA) is 29.4 Å². The molecule has 0 radical (unpaired) electrons. The molecule has 0 aliphatic rings. The lowest BCUT2D eigenvalue weighted by Gasteiger charge is -1.97. The quantitative estimate of drug-likeness (QED) is 0.533. The molecule has 2 nitrogen and oxygen atoms in total. The largest absolute Gasteiger partial charge is 0.145 e. The van der Waals surface area contributed by atoms with Crippen molar-refractivity contribution in [2.45, 2.75) is 4.90 Å². The Balaban J connectivity index is 2.92. The first-order valence-corrected chi connectivity index (χ1v) is 5.57. The summed E-state index contributed by atoms with van der Waals surface area (Å²) in [5, 5.41) is 2.90. The highest BCUT2D eigenvalue weighted by Gasteiger charge is 1.99. The van der Waals surface area contributed by atoms with E-state index in [4.69, 9.17) is 0 Å². The number of nitrogens with zero attached hydrogens (tertiary/aromatic N) is 1. The predicted octanol–water partition coefficient (Wildman–Crippen LogP) is 3.45. The molecule has 58 valence electrons. The van der Waals surface area contributed by atoms with Crippen LogP contribution in [0.4, 0.5) is 5.69 Å². The standard InChI is InChI=1S/C7H7NOS2/c1-10-11-7-5-3-2-4-6(7)8-9/h2-5H,1H3. The zero-order chi connectivity index (χ0) is 8.10. The van der Waals surface area contributed by atoms with Crippen molar-refractivity contribution in [1.82, 2.24) is 0 Å². The summed E-state index contributed by atoms with van der Waals surface area (Å²) in [7, 11) is 3.15. The summed E-state index contributed by atoms with van der Waals surface area (Å²) in [6.45, 7) is 0. The van der Waals surface area contributed by atoms with E-state index in [1.165, 1.54) is 0 Å². The van der Waals surface area contributed by atoms with Gasteiger partial charge in [-0.25, -0.2) is 0 Å². The average Bonchev–Trinajstić information content (AvgIpc) is 2.06. The zero-order valence-corrected chi connectivity index (χ0v) is 7.61. The van der Waals surface area contributed by atoms with Crippen LogP contribution in [-0.2, 0) is 0 Å². The van der Waals surface area contributed by atoms with Crippen LogP contribution in [-0.4, -0.2) is 6.26 Å². The number of benzene rings is 1. The van der Waals surface area contributed by atoms with Gasteiger partial charge in [0.25, 0.3) is 0 Å². The highest BCUT2D eigenvalue weighted by molar-refractivity contribution is 8.76. The first kappa shape index (κ1) is 8.62. The second kappa shape index (κ2) is 4.41. The minimum atomic E-state index is 0.520. The second-order valence-corrected chi connectivity index (χ2v) is 4.25. The lowest BCUT2D eigenvalue weighted by molar-refractivity contribution is 1.37. The van der Waals surface area contributed by atoms with E-state index in [-0.39, 0.29) is 0 Å². The highest BCUT2D eigenvalue weighted by Crippen LogP contribution is 2.35. The van der Waals surface area contributed by atoms with Gasteiger partial charge in [0, 0.05) is 4.90 Å². The molecule has 0 aliphatic heterocycles. The van der Waals surface area contributed by atoms with Gasteiger partial charge in [0.2, 0.25) is 0 Å². The van der Waals surface area contributed by atoms with Crippen LogP contribution in [0.3, 0.4) is 0 Å². The van der Waals surface area contributed by atoms with Crippen LogP contribution in [0.5, 0.6) is 0 Å². The summed E-state index contributed by atoms with van der Waals surface area (Å²) in [5.41, 5.74) is 0.520. The van der Waals surface area contributed by atoms with Crippen molar-refractivity contribution in [2.75, 3.05) is 6.26 Å². The molecule has 0 saturated carbocycles. The fraction of sp³-hybridized carbons (Fsp3) is 0.143. The van der Waals surface area contributed by atoms with Crippen molar-refractivity contribution >= 4 is 27.3 Å². The molecular formula is C7H7NOS2. The van der Waals surface area contributed by atoms with Gasteiger partial charge in [-0.05, 0) is 23.6 Å². The lowest BCUT2D eigenvalue weighted by atomic mass is 10.3. The Kier molecular flexibility index (Phi) is 3.45. The smallest absolute Gasteiger partial charge is 0.122 e. The molecule has 0 aliphatic carbocycles. The number of hydrogen-bond donors (Lipinski definition) is 0. The van der Waals surface area contributed by atoms with Gasteiger partial charge in [0.1, 0.15) is 5.69 Å². The Bertz CT molecular complexity index is 252. The van der Waals surface area contributed by atoms with Crippen LogP contribution < -0.4 is 0 Å². The fourth-order valence-corrected chi connectivity index (χ4v) is 2.16. The maximum absolute atomic E-state index is 10.2. The summed E-state index contributed by atoms with van der Waals surface area (Å²) in [6.07, 6.45) is 1.96. The van der Waals surface area contributed by atoms with Gasteiger partial charge in [-0.2, -0.15) is 0 Å². The third-order valence-corrected chi connectivity index (χ3v) is 2.87. The van der Waals surface area contributed by atoms with E-state index in [9.17, 15) is 4.91 Å². The van der Waals surface area contributed by atoms with Crippen LogP contribution in [0, 0.1) is 4.91 Å². The summed E-state index contributed by atoms with van der Waals surface area (Å²) in [5.74, 6) is 0. The fourth-order valence-electron chi connectivity index (χ4n) is 0.693. The van der Waals surface area contributed by atoms with E-state index in [0.717, 1.165) is 4.90 Å². The Morgan fingerprint density at radius 3 is 2.73 bits per heavy atom. The monoisotopic (exact) mass is 185 g/mol. The highest BCUT2D eigenvalue weighted by atomic mass is 33.1. The van der Waals surface area contributed by atoms with Crippen molar-refractivity contribution < 1.29 is 0 Å². The van der Waals surface area contributed by atoms with Crippen LogP contribution in [0.25, 0.3) is 0 Å². The lowest BCUT2D eigenvalue weighted by Crippen LogP contribution is -1.67. The van der Waals surface area contributed by atoms with Gasteiger partial charge in [-0.15, -0.1) is 4.91 Å². The summed E-state index contributed by atoms with van der Waals surface area (Å²) in [4.78, 5) is 11.2. The van der Waals surface area contributed by atoms with Crippen LogP contribution in [0.2, 0.25) is 0 Å². The van der Waals surface area contributed by atoms with E-state index in [1.54, 1.807) is 33.7 Å². The molecule has 4 heteroatoms. The van der Waals surface area contributed by atoms with Crippen LogP contribution in [0.15, 0.2) is 34.3 Å². The number of hydrogen-bond acceptors (Lipinski definition) is 4. The van der Waals surface area contributed by atoms with Gasteiger partial charge in [0.05, 0.1) is 0 Å².